The molecule has 0 unspecified atom stereocenters. The van der Waals surface area contributed by atoms with Gasteiger partial charge in [0, 0.05) is 11.6 Å². The van der Waals surface area contributed by atoms with Gasteiger partial charge in [0.2, 0.25) is 0 Å². The van der Waals surface area contributed by atoms with Crippen LogP contribution in [-0.4, -0.2) is 14.5 Å². The highest BCUT2D eigenvalue weighted by molar-refractivity contribution is 5.88. The summed E-state index contributed by atoms with van der Waals surface area (Å²) in [6.07, 6.45) is 5.17. The van der Waals surface area contributed by atoms with Crippen LogP contribution in [0.15, 0.2) is 35.2 Å². The molecular formula is C10H8N2O2. The third-order valence-electron chi connectivity index (χ3n) is 2.34. The van der Waals surface area contributed by atoms with Crippen molar-refractivity contribution in [1.82, 2.24) is 9.38 Å². The fourth-order valence-electron chi connectivity index (χ4n) is 1.63. The van der Waals surface area contributed by atoms with Crippen molar-refractivity contribution in [3.8, 4) is 0 Å². The number of hydrogen-bond donors (Lipinski definition) is 1. The molecule has 0 fully saturated rings. The summed E-state index contributed by atoms with van der Waals surface area (Å²) in [4.78, 5) is 4.20. The lowest BCUT2D eigenvalue weighted by molar-refractivity contribution is 0.276. The Labute approximate surface area is 79.4 Å². The fraction of sp³-hybridized carbons (Fsp3) is 0.100. The minimum absolute atomic E-state index is 0.0205. The van der Waals surface area contributed by atoms with Crippen molar-refractivity contribution in [1.29, 1.82) is 0 Å². The number of fused-ring (bicyclic) bond motifs is 3. The Hall–Kier alpha value is -1.81. The third kappa shape index (κ3) is 0.831. The van der Waals surface area contributed by atoms with Gasteiger partial charge in [-0.3, -0.25) is 4.40 Å². The molecule has 4 heteroatoms. The normalized spacial score (nSPS) is 11.5. The number of furan rings is 1. The predicted octanol–water partition coefficient (Wildman–Crippen LogP) is 1.57. The van der Waals surface area contributed by atoms with Crippen LogP contribution in [0.3, 0.4) is 0 Å². The topological polar surface area (TPSA) is 50.7 Å². The quantitative estimate of drug-likeness (QED) is 0.630. The summed E-state index contributed by atoms with van der Waals surface area (Å²) < 4.78 is 7.15. The number of hydrogen-bond acceptors (Lipinski definition) is 3. The van der Waals surface area contributed by atoms with Crippen molar-refractivity contribution < 1.29 is 9.52 Å². The zero-order chi connectivity index (χ0) is 9.54. The van der Waals surface area contributed by atoms with Gasteiger partial charge >= 0.3 is 0 Å². The van der Waals surface area contributed by atoms with Crippen LogP contribution in [0.5, 0.6) is 0 Å². The van der Waals surface area contributed by atoms with Crippen molar-refractivity contribution in [2.24, 2.45) is 0 Å². The number of imidazole rings is 1. The molecule has 3 aromatic heterocycles. The van der Waals surface area contributed by atoms with Crippen LogP contribution < -0.4 is 0 Å². The SMILES string of the molecule is OCc1cnc2c3occc3ccn12. The average molecular weight is 188 g/mol. The number of aromatic nitrogens is 2. The maximum atomic E-state index is 9.06. The summed E-state index contributed by atoms with van der Waals surface area (Å²) in [6.45, 7) is -0.0205. The van der Waals surface area contributed by atoms with Crippen LogP contribution in [0.25, 0.3) is 16.6 Å². The lowest BCUT2D eigenvalue weighted by Gasteiger charge is -1.97. The van der Waals surface area contributed by atoms with Crippen LogP contribution in [0.2, 0.25) is 0 Å². The Morgan fingerprint density at radius 2 is 2.36 bits per heavy atom. The molecule has 0 aliphatic rings. The van der Waals surface area contributed by atoms with Gasteiger partial charge in [-0.05, 0) is 12.1 Å². The number of rotatable bonds is 1. The molecule has 0 aliphatic heterocycles. The first kappa shape index (κ1) is 7.58. The van der Waals surface area contributed by atoms with E-state index in [4.69, 9.17) is 9.52 Å². The molecule has 0 atom stereocenters. The van der Waals surface area contributed by atoms with Gasteiger partial charge in [0.1, 0.15) is 0 Å². The van der Waals surface area contributed by atoms with Crippen molar-refractivity contribution in [3.05, 3.63) is 36.5 Å². The second-order valence-corrected chi connectivity index (χ2v) is 3.12. The summed E-state index contributed by atoms with van der Waals surface area (Å²) in [7, 11) is 0. The highest BCUT2D eigenvalue weighted by atomic mass is 16.3. The predicted molar refractivity (Wildman–Crippen MR) is 50.9 cm³/mol. The standard InChI is InChI=1S/C10H8N2O2/c13-6-8-5-11-10-9-7(2-4-14-9)1-3-12(8)10/h1-5,13H,6H2. The first-order valence-corrected chi connectivity index (χ1v) is 4.33. The zero-order valence-electron chi connectivity index (χ0n) is 7.34. The first-order chi connectivity index (χ1) is 6.90. The molecule has 70 valence electrons. The van der Waals surface area contributed by atoms with Gasteiger partial charge in [0.15, 0.2) is 11.2 Å². The van der Waals surface area contributed by atoms with Crippen molar-refractivity contribution in [2.45, 2.75) is 6.61 Å². The molecule has 0 saturated heterocycles. The number of nitrogens with zero attached hydrogens (tertiary/aromatic N) is 2. The molecule has 3 heterocycles. The monoisotopic (exact) mass is 188 g/mol. The van der Waals surface area contributed by atoms with E-state index in [-0.39, 0.29) is 6.61 Å². The maximum Gasteiger partial charge on any atom is 0.181 e. The van der Waals surface area contributed by atoms with Gasteiger partial charge in [-0.15, -0.1) is 0 Å². The van der Waals surface area contributed by atoms with Crippen LogP contribution in [0.4, 0.5) is 0 Å². The minimum atomic E-state index is -0.0205. The Bertz CT molecular complexity index is 594. The molecule has 0 bridgehead atoms. The molecule has 0 aliphatic carbocycles. The van der Waals surface area contributed by atoms with Gasteiger partial charge < -0.3 is 9.52 Å². The van der Waals surface area contributed by atoms with E-state index in [1.54, 1.807) is 12.5 Å². The molecular weight excluding hydrogens is 180 g/mol. The lowest BCUT2D eigenvalue weighted by Crippen LogP contribution is -1.91. The highest BCUT2D eigenvalue weighted by Gasteiger charge is 2.07. The average Bonchev–Trinajstić information content (AvgIpc) is 2.82. The molecule has 0 spiro atoms. The largest absolute Gasteiger partial charge is 0.460 e. The molecule has 0 amide bonds. The number of aliphatic hydroxyl groups is 1. The van der Waals surface area contributed by atoms with Crippen molar-refractivity contribution in [3.63, 3.8) is 0 Å². The second kappa shape index (κ2) is 2.59. The van der Waals surface area contributed by atoms with Gasteiger partial charge in [-0.25, -0.2) is 4.98 Å². The van der Waals surface area contributed by atoms with Gasteiger partial charge in [0.25, 0.3) is 0 Å². The van der Waals surface area contributed by atoms with Crippen molar-refractivity contribution in [2.75, 3.05) is 0 Å². The Kier molecular flexibility index (Phi) is 1.40. The molecule has 3 aromatic rings. The van der Waals surface area contributed by atoms with E-state index in [9.17, 15) is 0 Å². The molecule has 0 aromatic carbocycles. The van der Waals surface area contributed by atoms with E-state index < -0.39 is 0 Å². The molecule has 4 nitrogen and oxygen atoms in total. The Morgan fingerprint density at radius 1 is 1.43 bits per heavy atom. The fourth-order valence-corrected chi connectivity index (χ4v) is 1.63. The highest BCUT2D eigenvalue weighted by Crippen LogP contribution is 2.20. The van der Waals surface area contributed by atoms with E-state index in [1.807, 2.05) is 22.7 Å². The van der Waals surface area contributed by atoms with Gasteiger partial charge in [0.05, 0.1) is 24.8 Å². The van der Waals surface area contributed by atoms with Crippen LogP contribution in [0, 0.1) is 0 Å². The third-order valence-corrected chi connectivity index (χ3v) is 2.34. The molecule has 1 N–H and O–H groups in total. The van der Waals surface area contributed by atoms with Crippen LogP contribution >= 0.6 is 0 Å². The smallest absolute Gasteiger partial charge is 0.181 e. The van der Waals surface area contributed by atoms with E-state index >= 15 is 0 Å². The van der Waals surface area contributed by atoms with E-state index in [2.05, 4.69) is 4.98 Å². The summed E-state index contributed by atoms with van der Waals surface area (Å²) in [5.41, 5.74) is 2.27. The lowest BCUT2D eigenvalue weighted by atomic mass is 10.3. The Balaban J connectivity index is 2.52. The number of pyridine rings is 1. The van der Waals surface area contributed by atoms with Crippen LogP contribution in [0.1, 0.15) is 5.69 Å². The van der Waals surface area contributed by atoms with E-state index in [1.165, 1.54) is 0 Å². The minimum Gasteiger partial charge on any atom is -0.460 e. The van der Waals surface area contributed by atoms with Crippen molar-refractivity contribution >= 4 is 16.6 Å². The molecule has 0 radical (unpaired) electrons. The maximum absolute atomic E-state index is 9.06. The summed E-state index contributed by atoms with van der Waals surface area (Å²) >= 11 is 0. The summed E-state index contributed by atoms with van der Waals surface area (Å²) in [6, 6.07) is 3.83. The van der Waals surface area contributed by atoms with Crippen LogP contribution in [-0.2, 0) is 6.61 Å². The van der Waals surface area contributed by atoms with E-state index in [0.717, 1.165) is 22.3 Å². The summed E-state index contributed by atoms with van der Waals surface area (Å²) in [5.74, 6) is 0. The molecule has 3 rings (SSSR count). The Morgan fingerprint density at radius 3 is 3.21 bits per heavy atom. The second-order valence-electron chi connectivity index (χ2n) is 3.12. The van der Waals surface area contributed by atoms with E-state index in [0.29, 0.717) is 0 Å². The summed E-state index contributed by atoms with van der Waals surface area (Å²) in [5, 5.41) is 10.1. The first-order valence-electron chi connectivity index (χ1n) is 4.33. The van der Waals surface area contributed by atoms with Gasteiger partial charge in [-0.2, -0.15) is 0 Å². The van der Waals surface area contributed by atoms with Gasteiger partial charge in [-0.1, -0.05) is 0 Å². The molecule has 0 saturated carbocycles. The zero-order valence-corrected chi connectivity index (χ0v) is 7.34. The molecule has 14 heavy (non-hydrogen) atoms. The number of aliphatic hydroxyl groups excluding tert-OH is 1.